The SMILES string of the molecule is CCCCCC[C@H]1CC[C@H](c2cc(F)c(C#N)c(F)c2)CC1. The normalized spacial score (nSPS) is 21.5. The van der Waals surface area contributed by atoms with Gasteiger partial charge in [-0.25, -0.2) is 8.78 Å². The van der Waals surface area contributed by atoms with Crippen molar-refractivity contribution in [3.63, 3.8) is 0 Å². The summed E-state index contributed by atoms with van der Waals surface area (Å²) in [5.41, 5.74) is 0.256. The van der Waals surface area contributed by atoms with Crippen LogP contribution < -0.4 is 0 Å². The molecule has 22 heavy (non-hydrogen) atoms. The largest absolute Gasteiger partial charge is 0.205 e. The molecule has 0 atom stereocenters. The van der Waals surface area contributed by atoms with E-state index in [9.17, 15) is 8.78 Å². The molecule has 0 heterocycles. The second-order valence-corrected chi connectivity index (χ2v) is 6.54. The topological polar surface area (TPSA) is 23.8 Å². The lowest BCUT2D eigenvalue weighted by atomic mass is 9.77. The van der Waals surface area contributed by atoms with Crippen LogP contribution in [0.5, 0.6) is 0 Å². The average Bonchev–Trinajstić information content (AvgIpc) is 2.52. The van der Waals surface area contributed by atoms with Crippen LogP contribution in [0.15, 0.2) is 12.1 Å². The molecule has 120 valence electrons. The maximum Gasteiger partial charge on any atom is 0.144 e. The first-order valence-electron chi connectivity index (χ1n) is 8.54. The van der Waals surface area contributed by atoms with Crippen molar-refractivity contribution in [2.75, 3.05) is 0 Å². The summed E-state index contributed by atoms with van der Waals surface area (Å²) < 4.78 is 27.4. The number of hydrogen-bond donors (Lipinski definition) is 0. The Bertz CT molecular complexity index is 502. The molecule has 1 aliphatic carbocycles. The smallest absolute Gasteiger partial charge is 0.144 e. The predicted octanol–water partition coefficient (Wildman–Crippen LogP) is 6.08. The molecule has 2 rings (SSSR count). The number of benzene rings is 1. The van der Waals surface area contributed by atoms with E-state index in [0.29, 0.717) is 0 Å². The molecule has 1 aliphatic rings. The van der Waals surface area contributed by atoms with Crippen LogP contribution in [0.3, 0.4) is 0 Å². The Morgan fingerprint density at radius 1 is 1.05 bits per heavy atom. The Morgan fingerprint density at radius 3 is 2.23 bits per heavy atom. The summed E-state index contributed by atoms with van der Waals surface area (Å²) >= 11 is 0. The van der Waals surface area contributed by atoms with Crippen LogP contribution in [0.4, 0.5) is 8.78 Å². The highest BCUT2D eigenvalue weighted by Gasteiger charge is 2.24. The van der Waals surface area contributed by atoms with Crippen LogP contribution in [-0.2, 0) is 0 Å². The second-order valence-electron chi connectivity index (χ2n) is 6.54. The van der Waals surface area contributed by atoms with E-state index >= 15 is 0 Å². The van der Waals surface area contributed by atoms with Gasteiger partial charge in [0.2, 0.25) is 0 Å². The molecule has 1 aromatic rings. The monoisotopic (exact) mass is 305 g/mol. The first-order valence-corrected chi connectivity index (χ1v) is 8.54. The zero-order chi connectivity index (χ0) is 15.9. The molecule has 0 spiro atoms. The minimum absolute atomic E-state index is 0.239. The Kier molecular flexibility index (Phi) is 6.36. The lowest BCUT2D eigenvalue weighted by molar-refractivity contribution is 0.301. The quantitative estimate of drug-likeness (QED) is 0.584. The van der Waals surface area contributed by atoms with Gasteiger partial charge in [-0.2, -0.15) is 5.26 Å². The van der Waals surface area contributed by atoms with Crippen molar-refractivity contribution in [3.8, 4) is 6.07 Å². The van der Waals surface area contributed by atoms with Crippen molar-refractivity contribution >= 4 is 0 Å². The lowest BCUT2D eigenvalue weighted by Crippen LogP contribution is -2.14. The van der Waals surface area contributed by atoms with E-state index in [0.717, 1.165) is 37.2 Å². The summed E-state index contributed by atoms with van der Waals surface area (Å²) in [5, 5.41) is 8.73. The van der Waals surface area contributed by atoms with Crippen molar-refractivity contribution in [1.29, 1.82) is 5.26 Å². The number of hydrogen-bond acceptors (Lipinski definition) is 1. The molecule has 0 aromatic heterocycles. The highest BCUT2D eigenvalue weighted by atomic mass is 19.1. The fourth-order valence-corrected chi connectivity index (χ4v) is 3.58. The lowest BCUT2D eigenvalue weighted by Gasteiger charge is -2.29. The van der Waals surface area contributed by atoms with E-state index in [1.165, 1.54) is 44.2 Å². The minimum atomic E-state index is -0.723. The van der Waals surface area contributed by atoms with Crippen LogP contribution >= 0.6 is 0 Å². The fraction of sp³-hybridized carbons (Fsp3) is 0.632. The molecular formula is C19H25F2N. The fourth-order valence-electron chi connectivity index (χ4n) is 3.58. The van der Waals surface area contributed by atoms with Crippen LogP contribution in [0.1, 0.15) is 81.8 Å². The van der Waals surface area contributed by atoms with Crippen molar-refractivity contribution in [3.05, 3.63) is 34.9 Å². The van der Waals surface area contributed by atoms with E-state index in [1.54, 1.807) is 6.07 Å². The van der Waals surface area contributed by atoms with Gasteiger partial charge in [0.1, 0.15) is 23.3 Å². The first kappa shape index (κ1) is 16.9. The molecule has 0 radical (unpaired) electrons. The van der Waals surface area contributed by atoms with Gasteiger partial charge in [-0.15, -0.1) is 0 Å². The molecule has 3 heteroatoms. The predicted molar refractivity (Wildman–Crippen MR) is 84.5 cm³/mol. The summed E-state index contributed by atoms with van der Waals surface area (Å²) in [5.74, 6) is -0.428. The Balaban J connectivity index is 1.88. The third-order valence-electron chi connectivity index (χ3n) is 4.96. The van der Waals surface area contributed by atoms with Crippen molar-refractivity contribution in [2.45, 2.75) is 70.6 Å². The zero-order valence-corrected chi connectivity index (χ0v) is 13.4. The van der Waals surface area contributed by atoms with E-state index < -0.39 is 17.2 Å². The zero-order valence-electron chi connectivity index (χ0n) is 13.4. The van der Waals surface area contributed by atoms with Crippen LogP contribution in [0.25, 0.3) is 0 Å². The summed E-state index contributed by atoms with van der Waals surface area (Å²) in [6.45, 7) is 2.22. The maximum atomic E-state index is 13.7. The van der Waals surface area contributed by atoms with Gasteiger partial charge in [-0.3, -0.25) is 0 Å². The molecule has 1 aromatic carbocycles. The number of halogens is 2. The van der Waals surface area contributed by atoms with Crippen molar-refractivity contribution < 1.29 is 8.78 Å². The Hall–Kier alpha value is -1.43. The highest BCUT2D eigenvalue weighted by Crippen LogP contribution is 2.38. The van der Waals surface area contributed by atoms with Gasteiger partial charge in [-0.1, -0.05) is 39.0 Å². The molecule has 1 saturated carbocycles. The summed E-state index contributed by atoms with van der Waals surface area (Å²) in [6, 6.07) is 4.29. The number of rotatable bonds is 6. The molecule has 0 saturated heterocycles. The van der Waals surface area contributed by atoms with Crippen LogP contribution in [-0.4, -0.2) is 0 Å². The van der Waals surface area contributed by atoms with Gasteiger partial charge >= 0.3 is 0 Å². The van der Waals surface area contributed by atoms with Crippen molar-refractivity contribution in [2.24, 2.45) is 5.92 Å². The molecule has 0 amide bonds. The number of unbranched alkanes of at least 4 members (excludes halogenated alkanes) is 3. The van der Waals surface area contributed by atoms with Gasteiger partial charge in [0.05, 0.1) is 0 Å². The molecule has 0 N–H and O–H groups in total. The maximum absolute atomic E-state index is 13.7. The van der Waals surface area contributed by atoms with Crippen molar-refractivity contribution in [1.82, 2.24) is 0 Å². The van der Waals surface area contributed by atoms with Crippen LogP contribution in [0, 0.1) is 28.9 Å². The van der Waals surface area contributed by atoms with E-state index in [2.05, 4.69) is 6.92 Å². The van der Waals surface area contributed by atoms with E-state index in [-0.39, 0.29) is 5.92 Å². The Morgan fingerprint density at radius 2 is 1.68 bits per heavy atom. The van der Waals surface area contributed by atoms with Gasteiger partial charge in [0.15, 0.2) is 0 Å². The van der Waals surface area contributed by atoms with E-state index in [1.807, 2.05) is 0 Å². The summed E-state index contributed by atoms with van der Waals surface area (Å²) in [4.78, 5) is 0. The molecule has 0 unspecified atom stereocenters. The molecule has 1 nitrogen and oxygen atoms in total. The highest BCUT2D eigenvalue weighted by molar-refractivity contribution is 5.36. The van der Waals surface area contributed by atoms with Gasteiger partial charge in [0.25, 0.3) is 0 Å². The van der Waals surface area contributed by atoms with Gasteiger partial charge in [0, 0.05) is 0 Å². The number of nitriles is 1. The van der Waals surface area contributed by atoms with Crippen LogP contribution in [0.2, 0.25) is 0 Å². The molecule has 0 aliphatic heterocycles. The first-order chi connectivity index (χ1) is 10.7. The third-order valence-corrected chi connectivity index (χ3v) is 4.96. The standard InChI is InChI=1S/C19H25F2N/c1-2-3-4-5-6-14-7-9-15(10-8-14)16-11-18(20)17(13-22)19(21)12-16/h11-12,14-15H,2-10H2,1H3/t14-,15-. The minimum Gasteiger partial charge on any atom is -0.205 e. The summed E-state index contributed by atoms with van der Waals surface area (Å²) in [6.07, 6.45) is 10.8. The van der Waals surface area contributed by atoms with Gasteiger partial charge < -0.3 is 0 Å². The van der Waals surface area contributed by atoms with E-state index in [4.69, 9.17) is 5.26 Å². The Labute approximate surface area is 132 Å². The number of nitrogens with zero attached hydrogens (tertiary/aromatic N) is 1. The molecular weight excluding hydrogens is 280 g/mol. The average molecular weight is 305 g/mol. The summed E-state index contributed by atoms with van der Waals surface area (Å²) in [7, 11) is 0. The third kappa shape index (κ3) is 4.29. The molecule has 0 bridgehead atoms. The molecule has 1 fully saturated rings. The van der Waals surface area contributed by atoms with Gasteiger partial charge in [-0.05, 0) is 55.2 Å². The second kappa shape index (κ2) is 8.27.